The molecule has 4 N–H and O–H groups in total. The van der Waals surface area contributed by atoms with Gasteiger partial charge in [0.2, 0.25) is 18.0 Å². The van der Waals surface area contributed by atoms with Crippen LogP contribution < -0.4 is 21.3 Å². The molecule has 0 saturated carbocycles. The number of ether oxygens (including phenoxy) is 2. The van der Waals surface area contributed by atoms with Crippen molar-refractivity contribution in [3.05, 3.63) is 65.0 Å². The number of nitrogens with zero attached hydrogens (tertiary/aromatic N) is 2. The molecule has 0 saturated heterocycles. The van der Waals surface area contributed by atoms with E-state index in [0.29, 0.717) is 5.56 Å². The van der Waals surface area contributed by atoms with Gasteiger partial charge in [-0.25, -0.2) is 19.0 Å². The maximum atomic E-state index is 14.6. The van der Waals surface area contributed by atoms with Gasteiger partial charge in [-0.05, 0) is 64.2 Å². The number of hydrogen-bond acceptors (Lipinski definition) is 8. The number of carbonyl (C=O) groups is 5. The second-order valence-electron chi connectivity index (χ2n) is 14.5. The lowest BCUT2D eigenvalue weighted by Crippen LogP contribution is -2.52. The van der Waals surface area contributed by atoms with Crippen molar-refractivity contribution in [1.82, 2.24) is 10.6 Å². The maximum absolute atomic E-state index is 14.6. The Morgan fingerprint density at radius 3 is 2.05 bits per heavy atom. The van der Waals surface area contributed by atoms with Gasteiger partial charge in [0, 0.05) is 35.8 Å². The Balaban J connectivity index is 2.13. The number of para-hydroxylation sites is 1. The number of rotatable bonds is 14. The number of benzene rings is 2. The molecule has 4 amide bonds. The smallest absolute Gasteiger partial charge is 0.408 e. The first-order valence-corrected chi connectivity index (χ1v) is 17.4. The molecular weight excluding hydrogens is 759 g/mol. The third-order valence-electron chi connectivity index (χ3n) is 8.49. The number of halogens is 7. The van der Waals surface area contributed by atoms with Gasteiger partial charge in [-0.15, -0.1) is 0 Å². The molecule has 1 aliphatic rings. The van der Waals surface area contributed by atoms with Crippen LogP contribution in [0.4, 0.5) is 41.2 Å². The van der Waals surface area contributed by atoms with E-state index < -0.39 is 116 Å². The molecule has 308 valence electrons. The lowest BCUT2D eigenvalue weighted by Gasteiger charge is -2.29. The third-order valence-corrected chi connectivity index (χ3v) is 8.49. The van der Waals surface area contributed by atoms with Crippen LogP contribution >= 0.6 is 0 Å². The van der Waals surface area contributed by atoms with Crippen molar-refractivity contribution >= 4 is 41.2 Å². The molecule has 0 spiro atoms. The lowest BCUT2D eigenvalue weighted by molar-refractivity contribution is -0.152. The molecule has 0 aliphatic carbocycles. The normalized spacial score (nSPS) is 16.5. The van der Waals surface area contributed by atoms with Gasteiger partial charge in [-0.2, -0.15) is 26.3 Å². The van der Waals surface area contributed by atoms with Gasteiger partial charge in [0.15, 0.2) is 6.73 Å². The Kier molecular flexibility index (Phi) is 14.6. The van der Waals surface area contributed by atoms with E-state index >= 15 is 0 Å². The summed E-state index contributed by atoms with van der Waals surface area (Å²) in [5, 5.41) is 4.59. The van der Waals surface area contributed by atoms with Crippen LogP contribution in [-0.4, -0.2) is 72.4 Å². The van der Waals surface area contributed by atoms with Crippen molar-refractivity contribution in [2.75, 3.05) is 11.6 Å². The van der Waals surface area contributed by atoms with Gasteiger partial charge >= 0.3 is 24.4 Å². The van der Waals surface area contributed by atoms with Gasteiger partial charge in [-0.1, -0.05) is 44.2 Å². The number of carbonyl (C=O) groups excluding carboxylic acids is 5. The van der Waals surface area contributed by atoms with Crippen LogP contribution in [0.5, 0.6) is 0 Å². The first-order valence-electron chi connectivity index (χ1n) is 17.4. The number of hydrogen-bond donors (Lipinski definition) is 3. The average molecular weight is 804 g/mol. The number of primary amides is 1. The summed E-state index contributed by atoms with van der Waals surface area (Å²) in [4.78, 5) is 71.8. The monoisotopic (exact) mass is 803 g/mol. The summed E-state index contributed by atoms with van der Waals surface area (Å²) < 4.78 is 105. The number of anilines is 1. The van der Waals surface area contributed by atoms with E-state index in [1.807, 2.05) is 0 Å². The summed E-state index contributed by atoms with van der Waals surface area (Å²) in [6.07, 6.45) is -18.5. The second kappa shape index (κ2) is 18.1. The summed E-state index contributed by atoms with van der Waals surface area (Å²) in [5.41, 5.74) is 4.94. The molecule has 3 rings (SSSR count). The molecule has 56 heavy (non-hydrogen) atoms. The highest BCUT2D eigenvalue weighted by Gasteiger charge is 2.42. The number of aryl methyl sites for hydroxylation is 1. The highest BCUT2D eigenvalue weighted by Crippen LogP contribution is 2.35. The van der Waals surface area contributed by atoms with E-state index in [2.05, 4.69) is 15.6 Å². The molecule has 0 fully saturated rings. The van der Waals surface area contributed by atoms with E-state index in [0.717, 1.165) is 17.0 Å². The SMILES string of the molecule is Cc1cccc2c1N(COC(=O)C(NC(=O)OC(C)(C)C)C(C)C)C(=O)C(NC(=O)[C@H](CCC(F)(F)F)[C@H](CCC(F)(F)F)C(N)=O)N=C2c1cccc(F)c1. The van der Waals surface area contributed by atoms with Gasteiger partial charge in [0.1, 0.15) is 17.5 Å². The predicted molar refractivity (Wildman–Crippen MR) is 188 cm³/mol. The van der Waals surface area contributed by atoms with E-state index in [4.69, 9.17) is 15.2 Å². The highest BCUT2D eigenvalue weighted by molar-refractivity contribution is 6.20. The first-order chi connectivity index (χ1) is 25.8. The number of nitrogens with one attached hydrogen (secondary N) is 2. The van der Waals surface area contributed by atoms with Gasteiger partial charge < -0.3 is 25.8 Å². The summed E-state index contributed by atoms with van der Waals surface area (Å²) in [6, 6.07) is 8.19. The topological polar surface area (TPSA) is 169 Å². The van der Waals surface area contributed by atoms with Crippen molar-refractivity contribution in [3.63, 3.8) is 0 Å². The fraction of sp³-hybridized carbons (Fsp3) is 0.514. The third kappa shape index (κ3) is 12.9. The van der Waals surface area contributed by atoms with E-state index in [9.17, 15) is 54.7 Å². The quantitative estimate of drug-likeness (QED) is 0.151. The number of nitrogens with two attached hydrogens (primary N) is 1. The Bertz CT molecular complexity index is 1810. The van der Waals surface area contributed by atoms with Crippen LogP contribution in [0.2, 0.25) is 0 Å². The number of benzodiazepines with no additional fused rings is 1. The van der Waals surface area contributed by atoms with Gasteiger partial charge in [0.25, 0.3) is 5.91 Å². The molecule has 19 heteroatoms. The van der Waals surface area contributed by atoms with Crippen molar-refractivity contribution in [1.29, 1.82) is 0 Å². The first kappa shape index (κ1) is 45.2. The van der Waals surface area contributed by atoms with Crippen LogP contribution in [0.3, 0.4) is 0 Å². The number of alkyl carbamates (subject to hydrolysis) is 1. The van der Waals surface area contributed by atoms with E-state index in [-0.39, 0.29) is 22.5 Å². The predicted octanol–water partition coefficient (Wildman–Crippen LogP) is 6.21. The van der Waals surface area contributed by atoms with Crippen molar-refractivity contribution in [3.8, 4) is 0 Å². The molecule has 0 radical (unpaired) electrons. The Morgan fingerprint density at radius 1 is 0.929 bits per heavy atom. The van der Waals surface area contributed by atoms with Crippen molar-refractivity contribution < 1.29 is 64.2 Å². The molecule has 2 aromatic carbocycles. The molecule has 2 unspecified atom stereocenters. The minimum Gasteiger partial charge on any atom is -0.444 e. The van der Waals surface area contributed by atoms with Crippen LogP contribution in [0.1, 0.15) is 77.0 Å². The van der Waals surface area contributed by atoms with Crippen LogP contribution in [0, 0.1) is 30.5 Å². The van der Waals surface area contributed by atoms with Crippen LogP contribution in [0.15, 0.2) is 47.5 Å². The number of fused-ring (bicyclic) bond motifs is 1. The Morgan fingerprint density at radius 2 is 1.52 bits per heavy atom. The second-order valence-corrected chi connectivity index (χ2v) is 14.5. The summed E-state index contributed by atoms with van der Waals surface area (Å²) in [5.74, 6) is -10.6. The molecule has 2 aromatic rings. The zero-order valence-electron chi connectivity index (χ0n) is 31.4. The summed E-state index contributed by atoms with van der Waals surface area (Å²) >= 11 is 0. The molecule has 0 aromatic heterocycles. The summed E-state index contributed by atoms with van der Waals surface area (Å²) in [7, 11) is 0. The molecule has 1 heterocycles. The van der Waals surface area contributed by atoms with Crippen LogP contribution in [-0.2, 0) is 28.7 Å². The maximum Gasteiger partial charge on any atom is 0.408 e. The van der Waals surface area contributed by atoms with Crippen LogP contribution in [0.25, 0.3) is 0 Å². The van der Waals surface area contributed by atoms with Crippen molar-refractivity contribution in [2.45, 2.75) is 97.4 Å². The minimum atomic E-state index is -4.91. The standard InChI is InChI=1S/C37H44F7N5O7/c1-19(2)26(47-34(54)56-35(4,5)6)33(53)55-18-49-28-20(3)9-7-12-25(28)27(21-10-8-11-22(38)17-21)46-30(32(49)52)48-31(51)24(14-16-37(42,43)44)23(29(45)50)13-15-36(39,40)41/h7-12,17,19,23-24,26,30H,13-16,18H2,1-6H3,(H2,45,50)(H,47,54)(H,48,51)/t23-,24+,26?,30?/m0/s1. The molecule has 1 aliphatic heterocycles. The minimum absolute atomic E-state index is 0.0556. The van der Waals surface area contributed by atoms with Crippen molar-refractivity contribution in [2.24, 2.45) is 28.5 Å². The van der Waals surface area contributed by atoms with Gasteiger partial charge in [-0.3, -0.25) is 19.3 Å². The fourth-order valence-electron chi connectivity index (χ4n) is 5.90. The number of aliphatic imine (C=N–C) groups is 1. The molecular formula is C37H44F7N5O7. The highest BCUT2D eigenvalue weighted by atomic mass is 19.4. The Labute approximate surface area is 318 Å². The molecule has 12 nitrogen and oxygen atoms in total. The summed E-state index contributed by atoms with van der Waals surface area (Å²) in [6.45, 7) is 8.66. The largest absolute Gasteiger partial charge is 0.444 e. The molecule has 4 atom stereocenters. The number of esters is 1. The zero-order valence-corrected chi connectivity index (χ0v) is 31.4. The lowest BCUT2D eigenvalue weighted by atomic mass is 9.83. The zero-order chi connectivity index (χ0) is 42.3. The van der Waals surface area contributed by atoms with Gasteiger partial charge in [0.05, 0.1) is 11.4 Å². The number of amides is 4. The van der Waals surface area contributed by atoms with E-state index in [1.54, 1.807) is 53.7 Å². The number of alkyl halides is 6. The van der Waals surface area contributed by atoms with E-state index in [1.165, 1.54) is 18.2 Å². The fourth-order valence-corrected chi connectivity index (χ4v) is 5.90. The average Bonchev–Trinajstić information content (AvgIpc) is 3.16. The molecule has 0 bridgehead atoms. The Hall–Kier alpha value is -5.23.